The predicted molar refractivity (Wildman–Crippen MR) is 122 cm³/mol. The summed E-state index contributed by atoms with van der Waals surface area (Å²) in [7, 11) is 1.63. The van der Waals surface area contributed by atoms with E-state index in [-0.39, 0.29) is 0 Å². The number of ether oxygens (including phenoxy) is 3. The van der Waals surface area contributed by atoms with E-state index in [9.17, 15) is 5.11 Å². The molecule has 0 spiro atoms. The highest BCUT2D eigenvalue weighted by Crippen LogP contribution is 2.30. The van der Waals surface area contributed by atoms with Gasteiger partial charge in [0.1, 0.15) is 6.61 Å². The van der Waals surface area contributed by atoms with Crippen molar-refractivity contribution in [3.05, 3.63) is 29.1 Å². The number of aromatic nitrogens is 3. The van der Waals surface area contributed by atoms with Crippen molar-refractivity contribution in [1.82, 2.24) is 19.7 Å². The molecule has 4 heterocycles. The third kappa shape index (κ3) is 5.08. The smallest absolute Gasteiger partial charge is 0.236 e. The molecule has 2 aromatic rings. The molecule has 32 heavy (non-hydrogen) atoms. The maximum absolute atomic E-state index is 10.3. The van der Waals surface area contributed by atoms with Crippen LogP contribution in [-0.2, 0) is 17.6 Å². The molecule has 0 atom stereocenters. The van der Waals surface area contributed by atoms with Crippen LogP contribution >= 0.6 is 0 Å². The van der Waals surface area contributed by atoms with Crippen molar-refractivity contribution in [2.24, 2.45) is 5.92 Å². The second-order valence-corrected chi connectivity index (χ2v) is 9.39. The summed E-state index contributed by atoms with van der Waals surface area (Å²) in [6.07, 6.45) is 5.43. The number of hydrogen-bond acceptors (Lipinski definition) is 7. The normalized spacial score (nSPS) is 18.3. The second-order valence-electron chi connectivity index (χ2n) is 9.39. The van der Waals surface area contributed by atoms with E-state index in [4.69, 9.17) is 19.3 Å². The van der Waals surface area contributed by atoms with Crippen LogP contribution in [0.15, 0.2) is 12.3 Å². The van der Waals surface area contributed by atoms with Crippen LogP contribution in [0.4, 0.5) is 0 Å². The zero-order valence-corrected chi connectivity index (χ0v) is 19.8. The Hall–Kier alpha value is -2.16. The number of fused-ring (bicyclic) bond motifs is 1. The molecular formula is C24H36N4O4. The lowest BCUT2D eigenvalue weighted by Gasteiger charge is -2.37. The van der Waals surface area contributed by atoms with Crippen molar-refractivity contribution in [1.29, 1.82) is 0 Å². The van der Waals surface area contributed by atoms with Gasteiger partial charge in [0, 0.05) is 30.5 Å². The second kappa shape index (κ2) is 9.77. The Bertz CT molecular complexity index is 913. The lowest BCUT2D eigenvalue weighted by molar-refractivity contribution is -0.0138. The van der Waals surface area contributed by atoms with Gasteiger partial charge in [-0.25, -0.2) is 9.67 Å². The first-order valence-electron chi connectivity index (χ1n) is 11.6. The van der Waals surface area contributed by atoms with Crippen LogP contribution in [0.25, 0.3) is 5.69 Å². The van der Waals surface area contributed by atoms with Crippen LogP contribution in [0.1, 0.15) is 43.5 Å². The van der Waals surface area contributed by atoms with Crippen molar-refractivity contribution in [2.45, 2.75) is 52.1 Å². The third-order valence-electron chi connectivity index (χ3n) is 6.72. The Kier molecular flexibility index (Phi) is 7.02. The van der Waals surface area contributed by atoms with Crippen LogP contribution in [0.3, 0.4) is 0 Å². The van der Waals surface area contributed by atoms with E-state index in [0.717, 1.165) is 67.8 Å². The van der Waals surface area contributed by atoms with E-state index >= 15 is 0 Å². The van der Waals surface area contributed by atoms with Gasteiger partial charge in [0.25, 0.3) is 0 Å². The molecule has 2 aliphatic heterocycles. The highest BCUT2D eigenvalue weighted by atomic mass is 16.5. The van der Waals surface area contributed by atoms with E-state index in [1.165, 1.54) is 0 Å². The number of aliphatic hydroxyl groups is 1. The zero-order chi connectivity index (χ0) is 22.7. The summed E-state index contributed by atoms with van der Waals surface area (Å²) < 4.78 is 19.2. The fraction of sp³-hybridized carbons (Fsp3) is 0.667. The van der Waals surface area contributed by atoms with Crippen LogP contribution in [0.2, 0.25) is 0 Å². The average molecular weight is 445 g/mol. The minimum absolute atomic E-state index is 0.368. The number of methoxy groups -OCH3 is 1. The predicted octanol–water partition coefficient (Wildman–Crippen LogP) is 2.56. The molecule has 0 saturated carbocycles. The maximum Gasteiger partial charge on any atom is 0.236 e. The van der Waals surface area contributed by atoms with Gasteiger partial charge in [0.2, 0.25) is 11.8 Å². The van der Waals surface area contributed by atoms with E-state index in [2.05, 4.69) is 9.88 Å². The van der Waals surface area contributed by atoms with E-state index in [1.54, 1.807) is 13.3 Å². The van der Waals surface area contributed by atoms with Gasteiger partial charge in [0.05, 0.1) is 43.5 Å². The van der Waals surface area contributed by atoms with Crippen molar-refractivity contribution in [3.8, 4) is 17.4 Å². The van der Waals surface area contributed by atoms with Gasteiger partial charge in [-0.15, -0.1) is 5.10 Å². The van der Waals surface area contributed by atoms with Gasteiger partial charge in [-0.2, -0.15) is 0 Å². The first-order valence-corrected chi connectivity index (χ1v) is 11.6. The lowest BCUT2D eigenvalue weighted by atomic mass is 9.83. The molecule has 176 valence electrons. The number of aryl methyl sites for hydroxylation is 1. The summed E-state index contributed by atoms with van der Waals surface area (Å²) in [5, 5.41) is 15.1. The summed E-state index contributed by atoms with van der Waals surface area (Å²) in [6.45, 7) is 10.6. The molecule has 8 heteroatoms. The summed E-state index contributed by atoms with van der Waals surface area (Å²) in [5.74, 6) is 1.69. The van der Waals surface area contributed by atoms with Crippen molar-refractivity contribution >= 4 is 0 Å². The number of piperidine rings is 1. The Labute approximate surface area is 190 Å². The van der Waals surface area contributed by atoms with Crippen molar-refractivity contribution in [2.75, 3.05) is 46.6 Å². The van der Waals surface area contributed by atoms with Gasteiger partial charge < -0.3 is 19.3 Å². The first kappa shape index (κ1) is 23.0. The monoisotopic (exact) mass is 444 g/mol. The number of nitrogens with zero attached hydrogens (tertiary/aromatic N) is 4. The van der Waals surface area contributed by atoms with Crippen LogP contribution in [0.5, 0.6) is 11.8 Å². The minimum atomic E-state index is -0.594. The molecule has 0 bridgehead atoms. The molecule has 1 N–H and O–H groups in total. The SMILES string of the molecule is COc1ncc(-n2nc(OCCN3CCC(C(C)(C)O)CC3)c3c2CCOCC3)cc1C. The van der Waals surface area contributed by atoms with E-state index in [0.29, 0.717) is 37.5 Å². The van der Waals surface area contributed by atoms with Crippen LogP contribution in [0, 0.1) is 12.8 Å². The molecule has 0 amide bonds. The quantitative estimate of drug-likeness (QED) is 0.703. The van der Waals surface area contributed by atoms with Crippen LogP contribution < -0.4 is 9.47 Å². The molecule has 2 aromatic heterocycles. The van der Waals surface area contributed by atoms with Crippen molar-refractivity contribution < 1.29 is 19.3 Å². The average Bonchev–Trinajstić information content (AvgIpc) is 2.93. The summed E-state index contributed by atoms with van der Waals surface area (Å²) in [6, 6.07) is 2.04. The molecule has 8 nitrogen and oxygen atoms in total. The number of likely N-dealkylation sites (tertiary alicyclic amines) is 1. The summed E-state index contributed by atoms with van der Waals surface area (Å²) in [5.41, 5.74) is 3.55. The molecule has 0 unspecified atom stereocenters. The number of pyridine rings is 1. The number of rotatable bonds is 7. The topological polar surface area (TPSA) is 81.9 Å². The van der Waals surface area contributed by atoms with Gasteiger partial charge in [-0.1, -0.05) is 0 Å². The fourth-order valence-corrected chi connectivity index (χ4v) is 4.76. The highest BCUT2D eigenvalue weighted by molar-refractivity contribution is 5.43. The Balaban J connectivity index is 1.45. The van der Waals surface area contributed by atoms with Crippen molar-refractivity contribution in [3.63, 3.8) is 0 Å². The van der Waals surface area contributed by atoms with Crippen LogP contribution in [-0.4, -0.2) is 76.9 Å². The van der Waals surface area contributed by atoms with E-state index in [1.807, 2.05) is 31.5 Å². The molecule has 0 aromatic carbocycles. The zero-order valence-electron chi connectivity index (χ0n) is 19.8. The molecule has 0 aliphatic carbocycles. The fourth-order valence-electron chi connectivity index (χ4n) is 4.76. The molecule has 1 fully saturated rings. The lowest BCUT2D eigenvalue weighted by Crippen LogP contribution is -2.43. The first-order chi connectivity index (χ1) is 15.4. The molecule has 4 rings (SSSR count). The summed E-state index contributed by atoms with van der Waals surface area (Å²) >= 11 is 0. The molecule has 0 radical (unpaired) electrons. The van der Waals surface area contributed by atoms with E-state index < -0.39 is 5.60 Å². The van der Waals surface area contributed by atoms with Gasteiger partial charge in [-0.05, 0) is 58.7 Å². The molecular weight excluding hydrogens is 408 g/mol. The Morgan fingerprint density at radius 2 is 1.94 bits per heavy atom. The molecule has 1 saturated heterocycles. The Morgan fingerprint density at radius 3 is 2.62 bits per heavy atom. The van der Waals surface area contributed by atoms with Gasteiger partial charge in [-0.3, -0.25) is 4.90 Å². The standard InChI is InChI=1S/C24H36N4O4/c1-17-15-19(16-25-22(17)30-4)28-21-8-13-31-12-7-20(21)23(26-28)32-14-11-27-9-5-18(6-10-27)24(2,3)29/h15-16,18,29H,5-14H2,1-4H3. The summed E-state index contributed by atoms with van der Waals surface area (Å²) in [4.78, 5) is 6.84. The number of hydrogen-bond donors (Lipinski definition) is 1. The highest BCUT2D eigenvalue weighted by Gasteiger charge is 2.30. The largest absolute Gasteiger partial charge is 0.481 e. The van der Waals surface area contributed by atoms with Gasteiger partial charge >= 0.3 is 0 Å². The third-order valence-corrected chi connectivity index (χ3v) is 6.72. The minimum Gasteiger partial charge on any atom is -0.481 e. The van der Waals surface area contributed by atoms with Gasteiger partial charge in [0.15, 0.2) is 0 Å². The maximum atomic E-state index is 10.3. The Morgan fingerprint density at radius 1 is 1.19 bits per heavy atom. The molecule has 2 aliphatic rings.